The van der Waals surface area contributed by atoms with E-state index in [2.05, 4.69) is 22.6 Å². The molecule has 0 amide bonds. The highest BCUT2D eigenvalue weighted by atomic mass is 32.1. The molecule has 82 valence electrons. The lowest BCUT2D eigenvalue weighted by atomic mass is 10.2. The lowest BCUT2D eigenvalue weighted by molar-refractivity contribution is 0.415. The van der Waals surface area contributed by atoms with Crippen molar-refractivity contribution in [2.75, 3.05) is 7.11 Å². The van der Waals surface area contributed by atoms with Gasteiger partial charge in [-0.2, -0.15) is 9.37 Å². The number of hydrogen-bond donors (Lipinski definition) is 1. The number of halogens is 1. The van der Waals surface area contributed by atoms with Crippen molar-refractivity contribution in [1.82, 2.24) is 9.97 Å². The number of rotatable bonds is 2. The zero-order valence-electron chi connectivity index (χ0n) is 8.51. The van der Waals surface area contributed by atoms with Gasteiger partial charge in [0.1, 0.15) is 5.75 Å². The second-order valence-electron chi connectivity index (χ2n) is 3.09. The van der Waals surface area contributed by atoms with Crippen molar-refractivity contribution in [2.45, 2.75) is 4.90 Å². The smallest absolute Gasteiger partial charge is 0.216 e. The van der Waals surface area contributed by atoms with E-state index < -0.39 is 5.95 Å². The molecule has 3 nitrogen and oxygen atoms in total. The molecule has 5 heteroatoms. The number of thiol groups is 1. The van der Waals surface area contributed by atoms with Crippen LogP contribution in [0.5, 0.6) is 5.75 Å². The summed E-state index contributed by atoms with van der Waals surface area (Å²) in [6.07, 6.45) is 1.36. The van der Waals surface area contributed by atoms with Crippen LogP contribution in [0.3, 0.4) is 0 Å². The fourth-order valence-corrected chi connectivity index (χ4v) is 1.54. The van der Waals surface area contributed by atoms with Gasteiger partial charge in [0, 0.05) is 17.2 Å². The summed E-state index contributed by atoms with van der Waals surface area (Å²) in [4.78, 5) is 8.44. The van der Waals surface area contributed by atoms with E-state index in [1.165, 1.54) is 19.4 Å². The maximum Gasteiger partial charge on any atom is 0.216 e. The van der Waals surface area contributed by atoms with E-state index in [4.69, 9.17) is 4.74 Å². The Balaban J connectivity index is 2.58. The van der Waals surface area contributed by atoms with Crippen LogP contribution in [0, 0.1) is 5.95 Å². The Morgan fingerprint density at radius 1 is 1.31 bits per heavy atom. The van der Waals surface area contributed by atoms with Crippen LogP contribution < -0.4 is 4.74 Å². The Kier molecular flexibility index (Phi) is 3.05. The molecule has 0 fully saturated rings. The van der Waals surface area contributed by atoms with E-state index in [1.54, 1.807) is 18.2 Å². The summed E-state index contributed by atoms with van der Waals surface area (Å²) in [5, 5.41) is 0. The molecular weight excluding hydrogens is 227 g/mol. The summed E-state index contributed by atoms with van der Waals surface area (Å²) in [5.74, 6) is 0.299. The van der Waals surface area contributed by atoms with Crippen LogP contribution in [0.1, 0.15) is 0 Å². The SMILES string of the molecule is COc1ccc(S)cc1-c1nccc(F)n1. The second-order valence-corrected chi connectivity index (χ2v) is 3.60. The topological polar surface area (TPSA) is 35.0 Å². The molecule has 16 heavy (non-hydrogen) atoms. The largest absolute Gasteiger partial charge is 0.496 e. The van der Waals surface area contributed by atoms with E-state index in [9.17, 15) is 4.39 Å². The van der Waals surface area contributed by atoms with Crippen LogP contribution in [0.2, 0.25) is 0 Å². The van der Waals surface area contributed by atoms with Crippen LogP contribution >= 0.6 is 12.6 Å². The second kappa shape index (κ2) is 4.49. The number of benzene rings is 1. The van der Waals surface area contributed by atoms with Crippen molar-refractivity contribution >= 4 is 12.6 Å². The Hall–Kier alpha value is -1.62. The zero-order chi connectivity index (χ0) is 11.5. The predicted molar refractivity (Wildman–Crippen MR) is 61.2 cm³/mol. The van der Waals surface area contributed by atoms with Crippen LogP contribution in [-0.2, 0) is 0 Å². The molecule has 1 aromatic heterocycles. The van der Waals surface area contributed by atoms with Gasteiger partial charge in [0.25, 0.3) is 0 Å². The van der Waals surface area contributed by atoms with Gasteiger partial charge in [-0.25, -0.2) is 4.98 Å². The Bertz CT molecular complexity index is 519. The molecular formula is C11H9FN2OS. The quantitative estimate of drug-likeness (QED) is 0.643. The van der Waals surface area contributed by atoms with Crippen LogP contribution in [0.15, 0.2) is 35.4 Å². The summed E-state index contributed by atoms with van der Waals surface area (Å²) in [5.41, 5.74) is 0.620. The third-order valence-electron chi connectivity index (χ3n) is 2.05. The molecule has 0 saturated carbocycles. The molecule has 0 radical (unpaired) electrons. The summed E-state index contributed by atoms with van der Waals surface area (Å²) in [7, 11) is 1.54. The lowest BCUT2D eigenvalue weighted by Gasteiger charge is -2.07. The summed E-state index contributed by atoms with van der Waals surface area (Å²) in [6, 6.07) is 6.45. The van der Waals surface area contributed by atoms with Crippen molar-refractivity contribution in [3.05, 3.63) is 36.4 Å². The van der Waals surface area contributed by atoms with Gasteiger partial charge in [-0.3, -0.25) is 0 Å². The first kappa shape index (κ1) is 10.9. The van der Waals surface area contributed by atoms with Crippen LogP contribution in [0.4, 0.5) is 4.39 Å². The van der Waals surface area contributed by atoms with Gasteiger partial charge < -0.3 is 4.74 Å². The fourth-order valence-electron chi connectivity index (χ4n) is 1.34. The van der Waals surface area contributed by atoms with Crippen molar-refractivity contribution in [3.8, 4) is 17.1 Å². The molecule has 0 aliphatic carbocycles. The van der Waals surface area contributed by atoms with Gasteiger partial charge in [-0.1, -0.05) is 0 Å². The zero-order valence-corrected chi connectivity index (χ0v) is 9.41. The maximum atomic E-state index is 13.0. The number of aromatic nitrogens is 2. The Morgan fingerprint density at radius 2 is 2.12 bits per heavy atom. The number of nitrogens with zero attached hydrogens (tertiary/aromatic N) is 2. The molecule has 0 saturated heterocycles. The van der Waals surface area contributed by atoms with E-state index in [0.717, 1.165) is 4.90 Å². The number of ether oxygens (including phenoxy) is 1. The first-order chi connectivity index (χ1) is 7.70. The number of hydrogen-bond acceptors (Lipinski definition) is 4. The minimum atomic E-state index is -0.573. The third kappa shape index (κ3) is 2.14. The van der Waals surface area contributed by atoms with E-state index in [0.29, 0.717) is 11.3 Å². The van der Waals surface area contributed by atoms with Crippen LogP contribution in [0.25, 0.3) is 11.4 Å². The third-order valence-corrected chi connectivity index (χ3v) is 2.32. The van der Waals surface area contributed by atoms with Gasteiger partial charge in [-0.05, 0) is 18.2 Å². The molecule has 1 aromatic carbocycles. The highest BCUT2D eigenvalue weighted by Gasteiger charge is 2.09. The van der Waals surface area contributed by atoms with E-state index >= 15 is 0 Å². The molecule has 1 heterocycles. The fraction of sp³-hybridized carbons (Fsp3) is 0.0909. The molecule has 0 unspecified atom stereocenters. The summed E-state index contributed by atoms with van der Waals surface area (Å²) in [6.45, 7) is 0. The summed E-state index contributed by atoms with van der Waals surface area (Å²) >= 11 is 4.21. The van der Waals surface area contributed by atoms with Crippen molar-refractivity contribution in [3.63, 3.8) is 0 Å². The van der Waals surface area contributed by atoms with Gasteiger partial charge >= 0.3 is 0 Å². The van der Waals surface area contributed by atoms with Gasteiger partial charge in [0.05, 0.1) is 12.7 Å². The first-order valence-electron chi connectivity index (χ1n) is 4.56. The highest BCUT2D eigenvalue weighted by molar-refractivity contribution is 7.80. The van der Waals surface area contributed by atoms with Crippen molar-refractivity contribution in [1.29, 1.82) is 0 Å². The summed E-state index contributed by atoms with van der Waals surface area (Å²) < 4.78 is 18.1. The van der Waals surface area contributed by atoms with Crippen molar-refractivity contribution < 1.29 is 9.13 Å². The highest BCUT2D eigenvalue weighted by Crippen LogP contribution is 2.29. The minimum Gasteiger partial charge on any atom is -0.496 e. The van der Waals surface area contributed by atoms with Gasteiger partial charge in [0.15, 0.2) is 5.82 Å². The molecule has 0 aliphatic rings. The first-order valence-corrected chi connectivity index (χ1v) is 5.01. The molecule has 0 spiro atoms. The number of methoxy groups -OCH3 is 1. The van der Waals surface area contributed by atoms with E-state index in [1.807, 2.05) is 0 Å². The van der Waals surface area contributed by atoms with Gasteiger partial charge in [0.2, 0.25) is 5.95 Å². The normalized spacial score (nSPS) is 10.2. The minimum absolute atomic E-state index is 0.285. The standard InChI is InChI=1S/C11H9FN2OS/c1-15-9-3-2-7(16)6-8(9)11-13-5-4-10(12)14-11/h2-6,16H,1H3. The van der Waals surface area contributed by atoms with Gasteiger partial charge in [-0.15, -0.1) is 12.6 Å². The van der Waals surface area contributed by atoms with Crippen molar-refractivity contribution in [2.24, 2.45) is 0 Å². The maximum absolute atomic E-state index is 13.0. The average Bonchev–Trinajstić information content (AvgIpc) is 2.29. The Morgan fingerprint density at radius 3 is 2.81 bits per heavy atom. The van der Waals surface area contributed by atoms with Crippen LogP contribution in [-0.4, -0.2) is 17.1 Å². The monoisotopic (exact) mass is 236 g/mol. The average molecular weight is 236 g/mol. The lowest BCUT2D eigenvalue weighted by Crippen LogP contribution is -1.94. The molecule has 0 N–H and O–H groups in total. The Labute approximate surface area is 97.7 Å². The molecule has 0 aliphatic heterocycles. The molecule has 2 rings (SSSR count). The van der Waals surface area contributed by atoms with E-state index in [-0.39, 0.29) is 5.82 Å². The molecule has 2 aromatic rings. The molecule has 0 bridgehead atoms. The molecule has 0 atom stereocenters. The predicted octanol–water partition coefficient (Wildman–Crippen LogP) is 2.58.